The normalized spacial score (nSPS) is 24.0. The van der Waals surface area contributed by atoms with Crippen LogP contribution in [0.5, 0.6) is 0 Å². The number of hydrogen-bond acceptors (Lipinski definition) is 8. The lowest BCUT2D eigenvalue weighted by atomic mass is 9.87. The summed E-state index contributed by atoms with van der Waals surface area (Å²) in [5.41, 5.74) is -1.96. The first-order valence-electron chi connectivity index (χ1n) is 12.5. The molecule has 212 valence electrons. The zero-order valence-corrected chi connectivity index (χ0v) is 22.5. The Morgan fingerprint density at radius 1 is 1.00 bits per heavy atom. The largest absolute Gasteiger partial charge is 0.480 e. The van der Waals surface area contributed by atoms with Crippen molar-refractivity contribution in [1.29, 1.82) is 0 Å². The van der Waals surface area contributed by atoms with Gasteiger partial charge in [-0.25, -0.2) is 4.79 Å². The molecule has 0 aromatic carbocycles. The molecule has 0 aliphatic carbocycles. The third-order valence-corrected chi connectivity index (χ3v) is 6.91. The maximum absolute atomic E-state index is 13.1. The molecule has 2 aliphatic heterocycles. The molecular weight excluding hydrogens is 502 g/mol. The Kier molecular flexibility index (Phi) is 9.95. The van der Waals surface area contributed by atoms with Gasteiger partial charge in [0.1, 0.15) is 24.2 Å². The van der Waals surface area contributed by atoms with Crippen molar-refractivity contribution in [3.63, 3.8) is 0 Å². The number of carbonyl (C=O) groups excluding carboxylic acids is 6. The zero-order valence-electron chi connectivity index (χ0n) is 22.5. The lowest BCUT2D eigenvalue weighted by Gasteiger charge is -2.39. The fourth-order valence-electron chi connectivity index (χ4n) is 4.55. The number of rotatable bonds is 10. The van der Waals surface area contributed by atoms with Crippen LogP contribution in [0, 0.1) is 5.92 Å². The van der Waals surface area contributed by atoms with E-state index in [-0.39, 0.29) is 25.3 Å². The van der Waals surface area contributed by atoms with Crippen LogP contribution >= 0.6 is 0 Å². The topological polar surface area (TPSA) is 192 Å². The standard InChI is InChI=1S/C24H37N5O9/c1-12(2)18(22(35)36)27-20(33)15-8-7-11-28(15)21(34)14(4)25-19(32)13(3)26-23(37)24(5)16(30)9-10-17(31)29(24)38-6/h12-15,18H,7-11H2,1-6H3,(H,25,32)(H,26,37)(H,27,33)(H,35,36)/t13-,14-,15-,18-,24+/m0/s1. The van der Waals surface area contributed by atoms with E-state index in [4.69, 9.17) is 4.84 Å². The number of carboxylic acid groups (broad SMARTS) is 1. The summed E-state index contributed by atoms with van der Waals surface area (Å²) in [6.07, 6.45) is 0.618. The summed E-state index contributed by atoms with van der Waals surface area (Å²) in [6, 6.07) is -4.24. The second-order valence-electron chi connectivity index (χ2n) is 10.0. The Morgan fingerprint density at radius 3 is 2.18 bits per heavy atom. The van der Waals surface area contributed by atoms with E-state index >= 15 is 0 Å². The van der Waals surface area contributed by atoms with Crippen LogP contribution in [-0.4, -0.2) is 99.7 Å². The Morgan fingerprint density at radius 2 is 1.63 bits per heavy atom. The highest BCUT2D eigenvalue weighted by atomic mass is 16.7. The molecule has 2 aliphatic rings. The van der Waals surface area contributed by atoms with Gasteiger partial charge in [-0.2, -0.15) is 5.06 Å². The maximum atomic E-state index is 13.1. The third kappa shape index (κ3) is 6.29. The molecule has 14 nitrogen and oxygen atoms in total. The minimum atomic E-state index is -1.96. The molecular formula is C24H37N5O9. The van der Waals surface area contributed by atoms with Crippen LogP contribution in [0.1, 0.15) is 60.3 Å². The van der Waals surface area contributed by atoms with Gasteiger partial charge in [0.05, 0.1) is 7.11 Å². The van der Waals surface area contributed by atoms with E-state index in [2.05, 4.69) is 16.0 Å². The van der Waals surface area contributed by atoms with E-state index in [1.54, 1.807) is 13.8 Å². The molecule has 0 unspecified atom stereocenters. The fourth-order valence-corrected chi connectivity index (χ4v) is 4.55. The summed E-state index contributed by atoms with van der Waals surface area (Å²) in [6.45, 7) is 7.57. The number of likely N-dealkylation sites (tertiary alicyclic amines) is 1. The molecule has 0 aromatic heterocycles. The van der Waals surface area contributed by atoms with Crippen LogP contribution in [0.4, 0.5) is 0 Å². The minimum absolute atomic E-state index is 0.102. The molecule has 5 atom stereocenters. The first-order valence-corrected chi connectivity index (χ1v) is 12.5. The summed E-state index contributed by atoms with van der Waals surface area (Å²) in [5, 5.41) is 17.4. The van der Waals surface area contributed by atoms with Gasteiger partial charge in [-0.15, -0.1) is 0 Å². The fraction of sp³-hybridized carbons (Fsp3) is 0.708. The van der Waals surface area contributed by atoms with Gasteiger partial charge in [0, 0.05) is 19.4 Å². The molecule has 4 N–H and O–H groups in total. The molecule has 14 heteroatoms. The van der Waals surface area contributed by atoms with Gasteiger partial charge in [-0.1, -0.05) is 13.8 Å². The Hall–Kier alpha value is -3.55. The number of hydroxylamine groups is 2. The number of nitrogens with one attached hydrogen (secondary N) is 3. The van der Waals surface area contributed by atoms with Gasteiger partial charge in [0.15, 0.2) is 5.78 Å². The van der Waals surface area contributed by atoms with Crippen LogP contribution in [-0.2, 0) is 38.4 Å². The monoisotopic (exact) mass is 539 g/mol. The molecule has 38 heavy (non-hydrogen) atoms. The van der Waals surface area contributed by atoms with Gasteiger partial charge in [0.25, 0.3) is 5.91 Å². The number of amides is 5. The third-order valence-electron chi connectivity index (χ3n) is 6.91. The lowest BCUT2D eigenvalue weighted by Crippen LogP contribution is -2.67. The molecule has 2 saturated heterocycles. The Balaban J connectivity index is 2.03. The second-order valence-corrected chi connectivity index (χ2v) is 10.0. The molecule has 5 amide bonds. The van der Waals surface area contributed by atoms with E-state index < -0.39 is 71.0 Å². The predicted octanol–water partition coefficient (Wildman–Crippen LogP) is -1.28. The summed E-state index contributed by atoms with van der Waals surface area (Å²) in [4.78, 5) is 93.9. The second kappa shape index (κ2) is 12.3. The maximum Gasteiger partial charge on any atom is 0.326 e. The molecule has 2 fully saturated rings. The summed E-state index contributed by atoms with van der Waals surface area (Å²) in [7, 11) is 1.15. The van der Waals surface area contributed by atoms with Crippen LogP contribution in [0.25, 0.3) is 0 Å². The molecule has 0 aromatic rings. The van der Waals surface area contributed by atoms with Crippen molar-refractivity contribution < 1.29 is 43.5 Å². The number of aliphatic carboxylic acids is 1. The summed E-state index contributed by atoms with van der Waals surface area (Å²) in [5.74, 6) is -5.40. The Labute approximate surface area is 220 Å². The van der Waals surface area contributed by atoms with Gasteiger partial charge < -0.3 is 26.0 Å². The van der Waals surface area contributed by atoms with Crippen molar-refractivity contribution in [2.75, 3.05) is 13.7 Å². The first kappa shape index (κ1) is 30.7. The van der Waals surface area contributed by atoms with Crippen molar-refractivity contribution >= 4 is 41.3 Å². The van der Waals surface area contributed by atoms with Gasteiger partial charge in [-0.05, 0) is 39.5 Å². The highest BCUT2D eigenvalue weighted by molar-refractivity contribution is 6.15. The first-order chi connectivity index (χ1) is 17.7. The minimum Gasteiger partial charge on any atom is -0.480 e. The van der Waals surface area contributed by atoms with Crippen molar-refractivity contribution in [3.8, 4) is 0 Å². The lowest BCUT2D eigenvalue weighted by molar-refractivity contribution is -0.213. The molecule has 2 heterocycles. The van der Waals surface area contributed by atoms with Crippen LogP contribution in [0.2, 0.25) is 0 Å². The average Bonchev–Trinajstić information content (AvgIpc) is 3.34. The van der Waals surface area contributed by atoms with E-state index in [1.165, 1.54) is 25.7 Å². The van der Waals surface area contributed by atoms with Crippen molar-refractivity contribution in [1.82, 2.24) is 25.9 Å². The number of carboxylic acids is 1. The molecule has 0 bridgehead atoms. The van der Waals surface area contributed by atoms with Crippen LogP contribution < -0.4 is 16.0 Å². The highest BCUT2D eigenvalue weighted by Crippen LogP contribution is 2.26. The number of hydrogen-bond donors (Lipinski definition) is 4. The van der Waals surface area contributed by atoms with E-state index in [0.29, 0.717) is 17.9 Å². The van der Waals surface area contributed by atoms with E-state index in [9.17, 15) is 38.7 Å². The number of piperidine rings is 1. The van der Waals surface area contributed by atoms with Crippen LogP contribution in [0.3, 0.4) is 0 Å². The number of ketones is 1. The highest BCUT2D eigenvalue weighted by Gasteiger charge is 2.52. The van der Waals surface area contributed by atoms with E-state index in [0.717, 1.165) is 7.11 Å². The van der Waals surface area contributed by atoms with Gasteiger partial charge in [0.2, 0.25) is 29.2 Å². The van der Waals surface area contributed by atoms with Crippen molar-refractivity contribution in [2.24, 2.45) is 5.92 Å². The number of nitrogens with zero attached hydrogens (tertiary/aromatic N) is 2. The predicted molar refractivity (Wildman–Crippen MR) is 131 cm³/mol. The smallest absolute Gasteiger partial charge is 0.326 e. The van der Waals surface area contributed by atoms with Crippen molar-refractivity contribution in [3.05, 3.63) is 0 Å². The summed E-state index contributed by atoms with van der Waals surface area (Å²) < 4.78 is 0. The van der Waals surface area contributed by atoms with Crippen molar-refractivity contribution in [2.45, 2.75) is 90.0 Å². The van der Waals surface area contributed by atoms with Gasteiger partial charge in [-0.3, -0.25) is 33.6 Å². The molecule has 0 saturated carbocycles. The molecule has 0 spiro atoms. The van der Waals surface area contributed by atoms with Gasteiger partial charge >= 0.3 is 5.97 Å². The quantitative estimate of drug-likeness (QED) is 0.245. The molecule has 0 radical (unpaired) electrons. The van der Waals surface area contributed by atoms with Crippen LogP contribution in [0.15, 0.2) is 0 Å². The Bertz CT molecular complexity index is 1000. The number of carbonyl (C=O) groups is 7. The summed E-state index contributed by atoms with van der Waals surface area (Å²) >= 11 is 0. The number of Topliss-reactive ketones (excluding diaryl/α,β-unsaturated/α-hetero) is 1. The zero-order chi connectivity index (χ0) is 28.9. The SMILES string of the molecule is CON1C(=O)CCC(=O)[C@]1(C)C(=O)N[C@@H](C)C(=O)N[C@@H](C)C(=O)N1CCC[C@H]1C(=O)N[C@H](C(=O)O)C(C)C. The molecule has 2 rings (SSSR count). The average molecular weight is 540 g/mol. The van der Waals surface area contributed by atoms with E-state index in [1.807, 2.05) is 0 Å².